The monoisotopic (exact) mass is 716 g/mol. The van der Waals surface area contributed by atoms with Gasteiger partial charge in [0.15, 0.2) is 12.0 Å². The van der Waals surface area contributed by atoms with Gasteiger partial charge in [-0.05, 0) is 73.4 Å². The number of aliphatic hydroxyl groups excluding tert-OH is 1. The molecule has 0 bridgehead atoms. The molecule has 0 fully saturated rings. The van der Waals surface area contributed by atoms with Crippen LogP contribution in [0, 0.1) is 19.8 Å². The van der Waals surface area contributed by atoms with Crippen LogP contribution in [0.5, 0.6) is 5.75 Å². The van der Waals surface area contributed by atoms with Crippen molar-refractivity contribution in [1.82, 2.24) is 20.9 Å². The Morgan fingerprint density at radius 2 is 1.36 bits per heavy atom. The zero-order valence-corrected chi connectivity index (χ0v) is 30.6. The number of hydrogen-bond donors (Lipinski definition) is 5. The van der Waals surface area contributed by atoms with Crippen LogP contribution in [0.2, 0.25) is 0 Å². The number of benzene rings is 4. The number of H-pyrrole nitrogens is 1. The summed E-state index contributed by atoms with van der Waals surface area (Å²) in [6, 6.07) is 30.8. The van der Waals surface area contributed by atoms with Gasteiger partial charge in [0.2, 0.25) is 5.91 Å². The smallest absolute Gasteiger partial charge is 0.268 e. The van der Waals surface area contributed by atoms with Crippen molar-refractivity contribution in [3.63, 3.8) is 0 Å². The number of aromatic amines is 1. The molecule has 1 aromatic heterocycles. The number of carbonyl (C=O) groups excluding carboxylic acids is 3. The molecule has 0 aliphatic rings. The molecule has 4 atom stereocenters. The average molecular weight is 717 g/mol. The Morgan fingerprint density at radius 1 is 0.755 bits per heavy atom. The second-order valence-electron chi connectivity index (χ2n) is 13.9. The van der Waals surface area contributed by atoms with Gasteiger partial charge in [-0.2, -0.15) is 0 Å². The lowest BCUT2D eigenvalue weighted by Gasteiger charge is -2.31. The van der Waals surface area contributed by atoms with Gasteiger partial charge >= 0.3 is 0 Å². The fourth-order valence-electron chi connectivity index (χ4n) is 6.48. The number of ether oxygens (including phenoxy) is 1. The van der Waals surface area contributed by atoms with Crippen LogP contribution >= 0.6 is 0 Å². The fraction of sp³-hybridized carbons (Fsp3) is 0.302. The van der Waals surface area contributed by atoms with Gasteiger partial charge in [-0.3, -0.25) is 19.2 Å². The summed E-state index contributed by atoms with van der Waals surface area (Å²) in [5.74, 6) is -1.09. The maximum Gasteiger partial charge on any atom is 0.268 e. The van der Waals surface area contributed by atoms with Crippen LogP contribution in [0.15, 0.2) is 114 Å². The standard InChI is InChI=1S/C43H48N4O6/c1-27(2)40(47-42(51)36-25-37(48)33-20-11-12-21-34(33)45-36)43(52)46-35(23-31-18-9-6-10-19-31)38(49)24-32(22-30-16-7-5-8-17-30)44-39(50)26-53-41-28(3)14-13-15-29(41)4/h5-21,25,27,32,35,38,40,49H,22-24,26H2,1-4H3,(H,44,50)(H,45,48)(H,46,52)(H,47,51)/t32?,35?,38?,40-/m1/s1. The number of carbonyl (C=O) groups is 3. The van der Waals surface area contributed by atoms with Gasteiger partial charge in [-0.25, -0.2) is 0 Å². The van der Waals surface area contributed by atoms with Crippen molar-refractivity contribution < 1.29 is 24.2 Å². The molecule has 10 heteroatoms. The third-order valence-corrected chi connectivity index (χ3v) is 9.28. The van der Waals surface area contributed by atoms with Crippen LogP contribution in [-0.4, -0.2) is 58.6 Å². The van der Waals surface area contributed by atoms with E-state index in [1.807, 2.05) is 107 Å². The van der Waals surface area contributed by atoms with Crippen molar-refractivity contribution in [1.29, 1.82) is 0 Å². The molecule has 276 valence electrons. The SMILES string of the molecule is Cc1cccc(C)c1OCC(=O)NC(Cc1ccccc1)CC(O)C(Cc1ccccc1)NC(=O)[C@H](NC(=O)c1cc(=O)c2ccccc2[nH]1)C(C)C. The summed E-state index contributed by atoms with van der Waals surface area (Å²) in [4.78, 5) is 56.4. The predicted molar refractivity (Wildman–Crippen MR) is 207 cm³/mol. The summed E-state index contributed by atoms with van der Waals surface area (Å²) in [7, 11) is 0. The van der Waals surface area contributed by atoms with Crippen LogP contribution in [0.4, 0.5) is 0 Å². The summed E-state index contributed by atoms with van der Waals surface area (Å²) in [6.45, 7) is 7.27. The van der Waals surface area contributed by atoms with Crippen LogP contribution in [0.25, 0.3) is 10.9 Å². The summed E-state index contributed by atoms with van der Waals surface area (Å²) in [5.41, 5.74) is 3.95. The van der Waals surface area contributed by atoms with Gasteiger partial charge in [-0.15, -0.1) is 0 Å². The van der Waals surface area contributed by atoms with Gasteiger partial charge in [0.05, 0.1) is 12.1 Å². The largest absolute Gasteiger partial charge is 0.483 e. The minimum absolute atomic E-state index is 0.0362. The van der Waals surface area contributed by atoms with Crippen LogP contribution in [-0.2, 0) is 22.4 Å². The first-order valence-electron chi connectivity index (χ1n) is 18.0. The highest BCUT2D eigenvalue weighted by atomic mass is 16.5. The molecular formula is C43H48N4O6. The van der Waals surface area contributed by atoms with E-state index < -0.39 is 36.0 Å². The maximum absolute atomic E-state index is 14.0. The Hall–Kier alpha value is -5.74. The zero-order chi connectivity index (χ0) is 37.9. The van der Waals surface area contributed by atoms with E-state index in [1.165, 1.54) is 6.07 Å². The number of amides is 3. The number of nitrogens with one attached hydrogen (secondary N) is 4. The van der Waals surface area contributed by atoms with Gasteiger partial charge in [0, 0.05) is 23.0 Å². The summed E-state index contributed by atoms with van der Waals surface area (Å²) in [6.07, 6.45) is -0.230. The summed E-state index contributed by atoms with van der Waals surface area (Å²) >= 11 is 0. The van der Waals surface area contributed by atoms with E-state index in [0.717, 1.165) is 22.3 Å². The zero-order valence-electron chi connectivity index (χ0n) is 30.6. The van der Waals surface area contributed by atoms with Crippen molar-refractivity contribution in [2.75, 3.05) is 6.61 Å². The maximum atomic E-state index is 14.0. The van der Waals surface area contributed by atoms with Gasteiger partial charge < -0.3 is 30.8 Å². The molecule has 0 aliphatic heterocycles. The molecule has 5 rings (SSSR count). The van der Waals surface area contributed by atoms with E-state index in [1.54, 1.807) is 24.3 Å². The summed E-state index contributed by atoms with van der Waals surface area (Å²) < 4.78 is 5.92. The number of para-hydroxylation sites is 2. The number of aryl methyl sites for hydroxylation is 2. The molecule has 0 saturated carbocycles. The molecule has 53 heavy (non-hydrogen) atoms. The first kappa shape index (κ1) is 38.5. The highest BCUT2D eigenvalue weighted by molar-refractivity contribution is 5.98. The molecule has 0 spiro atoms. The third kappa shape index (κ3) is 10.6. The van der Waals surface area contributed by atoms with E-state index >= 15 is 0 Å². The van der Waals surface area contributed by atoms with Crippen molar-refractivity contribution in [2.45, 2.75) is 71.2 Å². The van der Waals surface area contributed by atoms with Gasteiger partial charge in [-0.1, -0.05) is 105 Å². The van der Waals surface area contributed by atoms with E-state index in [9.17, 15) is 24.3 Å². The van der Waals surface area contributed by atoms with Crippen molar-refractivity contribution in [3.05, 3.63) is 147 Å². The molecule has 1 heterocycles. The first-order valence-corrected chi connectivity index (χ1v) is 18.0. The third-order valence-electron chi connectivity index (χ3n) is 9.28. The molecule has 5 aromatic rings. The molecular weight excluding hydrogens is 668 g/mol. The molecule has 4 aromatic carbocycles. The fourth-order valence-corrected chi connectivity index (χ4v) is 6.48. The Kier molecular flexibility index (Phi) is 13.2. The second-order valence-corrected chi connectivity index (χ2v) is 13.9. The van der Waals surface area contributed by atoms with E-state index in [0.29, 0.717) is 29.5 Å². The summed E-state index contributed by atoms with van der Waals surface area (Å²) in [5, 5.41) is 21.2. The Morgan fingerprint density at radius 3 is 2.00 bits per heavy atom. The first-order chi connectivity index (χ1) is 25.5. The lowest BCUT2D eigenvalue weighted by Crippen LogP contribution is -2.56. The quantitative estimate of drug-likeness (QED) is 0.0950. The second kappa shape index (κ2) is 18.1. The van der Waals surface area contributed by atoms with Crippen molar-refractivity contribution in [3.8, 4) is 5.75 Å². The van der Waals surface area contributed by atoms with E-state index in [2.05, 4.69) is 20.9 Å². The Balaban J connectivity index is 1.33. The lowest BCUT2D eigenvalue weighted by molar-refractivity contribution is -0.126. The minimum Gasteiger partial charge on any atom is -0.483 e. The number of aromatic nitrogens is 1. The van der Waals surface area contributed by atoms with Gasteiger partial charge in [0.1, 0.15) is 17.5 Å². The molecule has 0 saturated heterocycles. The van der Waals surface area contributed by atoms with Crippen molar-refractivity contribution in [2.24, 2.45) is 5.92 Å². The van der Waals surface area contributed by atoms with E-state index in [-0.39, 0.29) is 36.0 Å². The molecule has 0 aliphatic carbocycles. The predicted octanol–water partition coefficient (Wildman–Crippen LogP) is 5.18. The number of hydrogen-bond acceptors (Lipinski definition) is 6. The molecule has 10 nitrogen and oxygen atoms in total. The number of fused-ring (bicyclic) bond motifs is 1. The normalized spacial score (nSPS) is 13.5. The topological polar surface area (TPSA) is 150 Å². The molecule has 0 radical (unpaired) electrons. The van der Waals surface area contributed by atoms with Crippen LogP contribution in [0.3, 0.4) is 0 Å². The molecule has 3 unspecified atom stereocenters. The van der Waals surface area contributed by atoms with Crippen molar-refractivity contribution >= 4 is 28.6 Å². The average Bonchev–Trinajstić information content (AvgIpc) is 3.13. The van der Waals surface area contributed by atoms with Crippen LogP contribution in [0.1, 0.15) is 53.0 Å². The Labute approximate surface area is 310 Å². The van der Waals surface area contributed by atoms with E-state index in [4.69, 9.17) is 4.74 Å². The highest BCUT2D eigenvalue weighted by Gasteiger charge is 2.31. The highest BCUT2D eigenvalue weighted by Crippen LogP contribution is 2.22. The lowest BCUT2D eigenvalue weighted by atomic mass is 9.93. The molecule has 3 amide bonds. The molecule has 5 N–H and O–H groups in total. The Bertz CT molecular complexity index is 2040. The number of aliphatic hydroxyl groups is 1. The number of rotatable bonds is 16. The van der Waals surface area contributed by atoms with Gasteiger partial charge in [0.25, 0.3) is 11.8 Å². The minimum atomic E-state index is -1.09. The number of pyridine rings is 1. The van der Waals surface area contributed by atoms with Crippen LogP contribution < -0.4 is 26.1 Å².